The van der Waals surface area contributed by atoms with E-state index in [2.05, 4.69) is 5.32 Å². The van der Waals surface area contributed by atoms with Gasteiger partial charge in [0.2, 0.25) is 0 Å². The average molecular weight is 329 g/mol. The van der Waals surface area contributed by atoms with Gasteiger partial charge >= 0.3 is 0 Å². The Morgan fingerprint density at radius 2 is 2.12 bits per heavy atom. The maximum Gasteiger partial charge on any atom is 0.254 e. The van der Waals surface area contributed by atoms with E-state index in [1.807, 2.05) is 12.1 Å². The van der Waals surface area contributed by atoms with Gasteiger partial charge in [-0.15, -0.1) is 0 Å². The molecule has 0 aliphatic heterocycles. The molecular formula is C19H20FNO3. The molecule has 4 nitrogen and oxygen atoms in total. The molecule has 0 heterocycles. The second kappa shape index (κ2) is 6.61. The van der Waals surface area contributed by atoms with Gasteiger partial charge in [-0.3, -0.25) is 4.79 Å². The fourth-order valence-electron chi connectivity index (χ4n) is 3.21. The molecule has 3 rings (SSSR count). The first-order valence-electron chi connectivity index (χ1n) is 7.96. The Balaban J connectivity index is 1.78. The molecular weight excluding hydrogens is 309 g/mol. The van der Waals surface area contributed by atoms with E-state index in [1.165, 1.54) is 18.2 Å². The van der Waals surface area contributed by atoms with Crippen LogP contribution >= 0.6 is 0 Å². The minimum atomic E-state index is -1.15. The molecule has 0 fully saturated rings. The number of benzene rings is 2. The van der Waals surface area contributed by atoms with Gasteiger partial charge < -0.3 is 15.2 Å². The largest absolute Gasteiger partial charge is 0.497 e. The second-order valence-corrected chi connectivity index (χ2v) is 6.07. The number of amides is 1. The maximum absolute atomic E-state index is 13.7. The molecule has 5 heteroatoms. The lowest BCUT2D eigenvalue weighted by Gasteiger charge is -2.35. The van der Waals surface area contributed by atoms with Crippen LogP contribution in [0.4, 0.5) is 4.39 Å². The van der Waals surface area contributed by atoms with E-state index in [0.29, 0.717) is 6.42 Å². The third-order valence-corrected chi connectivity index (χ3v) is 4.51. The van der Waals surface area contributed by atoms with Crippen LogP contribution in [0.5, 0.6) is 5.75 Å². The summed E-state index contributed by atoms with van der Waals surface area (Å²) in [5.41, 5.74) is 0.638. The highest BCUT2D eigenvalue weighted by Gasteiger charge is 2.35. The van der Waals surface area contributed by atoms with Crippen LogP contribution in [0.2, 0.25) is 0 Å². The first-order chi connectivity index (χ1) is 11.5. The quantitative estimate of drug-likeness (QED) is 0.907. The van der Waals surface area contributed by atoms with Gasteiger partial charge in [0.15, 0.2) is 0 Å². The summed E-state index contributed by atoms with van der Waals surface area (Å²) >= 11 is 0. The third-order valence-electron chi connectivity index (χ3n) is 4.51. The number of rotatable bonds is 4. The predicted octanol–water partition coefficient (Wildman–Crippen LogP) is 2.79. The number of ether oxygens (including phenoxy) is 1. The normalized spacial score (nSPS) is 19.5. The van der Waals surface area contributed by atoms with Crippen molar-refractivity contribution in [1.82, 2.24) is 5.32 Å². The lowest BCUT2D eigenvalue weighted by Crippen LogP contribution is -2.43. The monoisotopic (exact) mass is 329 g/mol. The minimum absolute atomic E-state index is 0.0214. The Kier molecular flexibility index (Phi) is 4.53. The highest BCUT2D eigenvalue weighted by molar-refractivity contribution is 5.94. The molecule has 0 saturated carbocycles. The van der Waals surface area contributed by atoms with E-state index in [0.717, 1.165) is 29.7 Å². The van der Waals surface area contributed by atoms with Gasteiger partial charge in [-0.05, 0) is 54.7 Å². The van der Waals surface area contributed by atoms with E-state index in [4.69, 9.17) is 4.74 Å². The molecule has 2 N–H and O–H groups in total. The standard InChI is InChI=1S/C19H20FNO3/c1-24-14-8-9-16-13(11-14)5-4-10-19(16,23)12-21-18(22)15-6-2-3-7-17(15)20/h2-3,6-9,11,23H,4-5,10,12H2,1H3,(H,21,22). The van der Waals surface area contributed by atoms with Crippen molar-refractivity contribution < 1.29 is 19.0 Å². The highest BCUT2D eigenvalue weighted by atomic mass is 19.1. The molecule has 0 bridgehead atoms. The van der Waals surface area contributed by atoms with Gasteiger partial charge in [0.25, 0.3) is 5.91 Å². The Morgan fingerprint density at radius 3 is 2.88 bits per heavy atom. The van der Waals surface area contributed by atoms with Crippen molar-refractivity contribution in [3.8, 4) is 5.75 Å². The second-order valence-electron chi connectivity index (χ2n) is 6.07. The first-order valence-corrected chi connectivity index (χ1v) is 7.96. The summed E-state index contributed by atoms with van der Waals surface area (Å²) in [4.78, 5) is 12.2. The SMILES string of the molecule is COc1ccc2c(c1)CCCC2(O)CNC(=O)c1ccccc1F. The number of carbonyl (C=O) groups excluding carboxylic acids is 1. The molecule has 1 amide bonds. The molecule has 2 aromatic rings. The van der Waals surface area contributed by atoms with Crippen LogP contribution in [-0.2, 0) is 12.0 Å². The zero-order valence-electron chi connectivity index (χ0n) is 13.5. The lowest BCUT2D eigenvalue weighted by molar-refractivity contribution is 0.0188. The van der Waals surface area contributed by atoms with E-state index in [1.54, 1.807) is 19.2 Å². The maximum atomic E-state index is 13.7. The smallest absolute Gasteiger partial charge is 0.254 e. The number of hydrogen-bond acceptors (Lipinski definition) is 3. The number of halogens is 1. The van der Waals surface area contributed by atoms with Gasteiger partial charge in [-0.25, -0.2) is 4.39 Å². The van der Waals surface area contributed by atoms with Crippen LogP contribution in [0.3, 0.4) is 0 Å². The molecule has 1 aliphatic rings. The molecule has 24 heavy (non-hydrogen) atoms. The number of carbonyl (C=O) groups is 1. The number of methoxy groups -OCH3 is 1. The van der Waals surface area contributed by atoms with Gasteiger partial charge in [0, 0.05) is 0 Å². The van der Waals surface area contributed by atoms with E-state index in [9.17, 15) is 14.3 Å². The molecule has 1 unspecified atom stereocenters. The Hall–Kier alpha value is -2.40. The van der Waals surface area contributed by atoms with Crippen molar-refractivity contribution >= 4 is 5.91 Å². The number of fused-ring (bicyclic) bond motifs is 1. The average Bonchev–Trinajstić information content (AvgIpc) is 2.60. The van der Waals surface area contributed by atoms with E-state index >= 15 is 0 Å². The van der Waals surface area contributed by atoms with Gasteiger partial charge in [-0.1, -0.05) is 18.2 Å². The molecule has 0 aromatic heterocycles. The van der Waals surface area contributed by atoms with Gasteiger partial charge in [-0.2, -0.15) is 0 Å². The lowest BCUT2D eigenvalue weighted by atomic mass is 9.79. The predicted molar refractivity (Wildman–Crippen MR) is 88.6 cm³/mol. The van der Waals surface area contributed by atoms with Crippen molar-refractivity contribution in [3.63, 3.8) is 0 Å². The third kappa shape index (κ3) is 3.12. The molecule has 2 aromatic carbocycles. The topological polar surface area (TPSA) is 58.6 Å². The van der Waals surface area contributed by atoms with Gasteiger partial charge in [0.05, 0.1) is 19.2 Å². The number of aliphatic hydroxyl groups is 1. The van der Waals surface area contributed by atoms with Crippen LogP contribution in [-0.4, -0.2) is 24.7 Å². The summed E-state index contributed by atoms with van der Waals surface area (Å²) in [5.74, 6) is -0.355. The van der Waals surface area contributed by atoms with Crippen molar-refractivity contribution in [1.29, 1.82) is 0 Å². The molecule has 126 valence electrons. The Bertz CT molecular complexity index is 762. The van der Waals surface area contributed by atoms with Crippen LogP contribution in [0.25, 0.3) is 0 Å². The zero-order chi connectivity index (χ0) is 17.2. The summed E-state index contributed by atoms with van der Waals surface area (Å²) in [6.45, 7) is 0.0412. The van der Waals surface area contributed by atoms with E-state index in [-0.39, 0.29) is 12.1 Å². The summed E-state index contributed by atoms with van der Waals surface area (Å²) < 4.78 is 18.9. The van der Waals surface area contributed by atoms with Crippen molar-refractivity contribution in [2.75, 3.05) is 13.7 Å². The Labute approximate surface area is 140 Å². The zero-order valence-corrected chi connectivity index (χ0v) is 13.5. The fraction of sp³-hybridized carbons (Fsp3) is 0.316. The molecule has 0 spiro atoms. The van der Waals surface area contributed by atoms with Crippen molar-refractivity contribution in [3.05, 3.63) is 65.0 Å². The molecule has 1 aliphatic carbocycles. The number of aryl methyl sites for hydroxylation is 1. The summed E-state index contributed by atoms with van der Waals surface area (Å²) in [6.07, 6.45) is 2.21. The Morgan fingerprint density at radius 1 is 1.33 bits per heavy atom. The number of hydrogen-bond donors (Lipinski definition) is 2. The van der Waals surface area contributed by atoms with Crippen LogP contribution in [0.1, 0.15) is 34.3 Å². The molecule has 1 atom stereocenters. The van der Waals surface area contributed by atoms with Gasteiger partial charge in [0.1, 0.15) is 17.2 Å². The van der Waals surface area contributed by atoms with Crippen molar-refractivity contribution in [2.45, 2.75) is 24.9 Å². The highest BCUT2D eigenvalue weighted by Crippen LogP contribution is 2.36. The first kappa shape index (κ1) is 16.5. The summed E-state index contributed by atoms with van der Waals surface area (Å²) in [7, 11) is 1.60. The van der Waals surface area contributed by atoms with Crippen LogP contribution in [0.15, 0.2) is 42.5 Å². The van der Waals surface area contributed by atoms with Crippen LogP contribution < -0.4 is 10.1 Å². The molecule has 0 radical (unpaired) electrons. The summed E-state index contributed by atoms with van der Waals surface area (Å²) in [6, 6.07) is 11.4. The van der Waals surface area contributed by atoms with Crippen LogP contribution in [0, 0.1) is 5.82 Å². The molecule has 0 saturated heterocycles. The van der Waals surface area contributed by atoms with Crippen molar-refractivity contribution in [2.24, 2.45) is 0 Å². The summed E-state index contributed by atoms with van der Waals surface area (Å²) in [5, 5.41) is 13.7. The van der Waals surface area contributed by atoms with E-state index < -0.39 is 17.3 Å². The fourth-order valence-corrected chi connectivity index (χ4v) is 3.21. The number of nitrogens with one attached hydrogen (secondary N) is 1. The minimum Gasteiger partial charge on any atom is -0.497 e.